The predicted octanol–water partition coefficient (Wildman–Crippen LogP) is 4.85. The van der Waals surface area contributed by atoms with Crippen molar-refractivity contribution >= 4 is 23.3 Å². The maximum Gasteiger partial charge on any atom is 0.260 e. The van der Waals surface area contributed by atoms with E-state index in [1.165, 1.54) is 5.56 Å². The molecule has 2 heterocycles. The summed E-state index contributed by atoms with van der Waals surface area (Å²) in [5.74, 6) is 0.352. The minimum Gasteiger partial charge on any atom is -0.493 e. The van der Waals surface area contributed by atoms with Crippen molar-refractivity contribution in [3.8, 4) is 11.5 Å². The van der Waals surface area contributed by atoms with E-state index in [4.69, 9.17) is 14.5 Å². The number of H-pyrrole nitrogens is 1. The van der Waals surface area contributed by atoms with Crippen molar-refractivity contribution < 1.29 is 28.2 Å². The van der Waals surface area contributed by atoms with Crippen molar-refractivity contribution in [2.75, 3.05) is 32.2 Å². The minimum atomic E-state index is -1.06. The second-order valence-corrected chi connectivity index (χ2v) is 11.9. The highest BCUT2D eigenvalue weighted by Crippen LogP contribution is 2.36. The number of carbonyl (C=O) groups is 1. The van der Waals surface area contributed by atoms with Gasteiger partial charge in [-0.15, -0.1) is 0 Å². The van der Waals surface area contributed by atoms with E-state index < -0.39 is 23.8 Å². The Morgan fingerprint density at radius 3 is 2.44 bits per heavy atom. The van der Waals surface area contributed by atoms with Gasteiger partial charge in [0, 0.05) is 25.2 Å². The lowest BCUT2D eigenvalue weighted by molar-refractivity contribution is -0.111. The second-order valence-electron chi connectivity index (χ2n) is 11.9. The zero-order chi connectivity index (χ0) is 32.1. The van der Waals surface area contributed by atoms with E-state index in [1.807, 2.05) is 0 Å². The van der Waals surface area contributed by atoms with Crippen molar-refractivity contribution in [1.29, 1.82) is 0 Å². The number of fused-ring (bicyclic) bond motifs is 2. The van der Waals surface area contributed by atoms with Crippen LogP contribution < -0.4 is 25.2 Å². The number of benzene rings is 3. The Balaban J connectivity index is 0.000000211. The maximum absolute atomic E-state index is 13.4. The number of ether oxygens (including phenoxy) is 2. The lowest BCUT2D eigenvalue weighted by Crippen LogP contribution is -2.41. The fourth-order valence-electron chi connectivity index (χ4n) is 6.21. The number of rotatable bonds is 7. The van der Waals surface area contributed by atoms with Gasteiger partial charge in [0.25, 0.3) is 5.56 Å². The maximum atomic E-state index is 13.4. The number of halogens is 2. The summed E-state index contributed by atoms with van der Waals surface area (Å²) in [5.41, 5.74) is 2.64. The van der Waals surface area contributed by atoms with Crippen LogP contribution >= 0.6 is 0 Å². The molecule has 3 N–H and O–H groups in total. The van der Waals surface area contributed by atoms with E-state index in [1.54, 1.807) is 26.4 Å². The Labute approximate surface area is 260 Å². The van der Waals surface area contributed by atoms with Gasteiger partial charge in [-0.25, -0.2) is 13.8 Å². The summed E-state index contributed by atoms with van der Waals surface area (Å²) in [5, 5.41) is 12.8. The van der Waals surface area contributed by atoms with Gasteiger partial charge in [-0.1, -0.05) is 37.3 Å². The third kappa shape index (κ3) is 7.09. The molecule has 2 atom stereocenters. The summed E-state index contributed by atoms with van der Waals surface area (Å²) >= 11 is 0. The Bertz CT molecular complexity index is 1710. The molecular weight excluding hydrogens is 582 g/mol. The molecule has 0 bridgehead atoms. The summed E-state index contributed by atoms with van der Waals surface area (Å²) in [7, 11) is 3.13. The van der Waals surface area contributed by atoms with Crippen molar-refractivity contribution in [3.63, 3.8) is 0 Å². The third-order valence-corrected chi connectivity index (χ3v) is 8.82. The van der Waals surface area contributed by atoms with Crippen LogP contribution in [0.4, 0.5) is 14.7 Å². The van der Waals surface area contributed by atoms with E-state index in [0.717, 1.165) is 44.5 Å². The van der Waals surface area contributed by atoms with Crippen LogP contribution in [-0.2, 0) is 17.6 Å². The average molecular weight is 621 g/mol. The monoisotopic (exact) mass is 620 g/mol. The fraction of sp³-hybridized carbons (Fsp3) is 0.382. The van der Waals surface area contributed by atoms with Gasteiger partial charge in [0.1, 0.15) is 11.6 Å². The average Bonchev–Trinajstić information content (AvgIpc) is 3.03. The van der Waals surface area contributed by atoms with Crippen molar-refractivity contribution in [3.05, 3.63) is 93.3 Å². The van der Waals surface area contributed by atoms with Gasteiger partial charge in [-0.3, -0.25) is 14.6 Å². The number of aliphatic hydroxyl groups excluding tert-OH is 1. The lowest BCUT2D eigenvalue weighted by Gasteiger charge is -2.39. The first-order valence-corrected chi connectivity index (χ1v) is 14.9. The molecular formula is C34H38F2N4O5. The Kier molecular flexibility index (Phi) is 9.67. The smallest absolute Gasteiger partial charge is 0.260 e. The molecule has 3 aromatic carbocycles. The number of hydrogen-bond donors (Lipinski definition) is 3. The molecule has 1 saturated heterocycles. The zero-order valence-electron chi connectivity index (χ0n) is 25.6. The number of amides is 1. The minimum absolute atomic E-state index is 0.163. The fourth-order valence-corrected chi connectivity index (χ4v) is 6.21. The molecule has 2 unspecified atom stereocenters. The number of anilines is 1. The summed E-state index contributed by atoms with van der Waals surface area (Å²) < 4.78 is 37.0. The van der Waals surface area contributed by atoms with Crippen molar-refractivity contribution in [2.24, 2.45) is 5.41 Å². The Morgan fingerprint density at radius 2 is 1.78 bits per heavy atom. The topological polar surface area (TPSA) is 117 Å². The lowest BCUT2D eigenvalue weighted by atomic mass is 9.75. The number of carbonyl (C=O) groups excluding carboxylic acids is 1. The second kappa shape index (κ2) is 13.6. The quantitative estimate of drug-likeness (QED) is 0.253. The first-order chi connectivity index (χ1) is 21.6. The van der Waals surface area contributed by atoms with E-state index >= 15 is 0 Å². The molecule has 238 valence electrons. The molecule has 1 aliphatic carbocycles. The third-order valence-electron chi connectivity index (χ3n) is 8.82. The van der Waals surface area contributed by atoms with Crippen LogP contribution in [0.25, 0.3) is 10.9 Å². The van der Waals surface area contributed by atoms with E-state index in [9.17, 15) is 23.5 Å². The predicted molar refractivity (Wildman–Crippen MR) is 168 cm³/mol. The molecule has 11 heteroatoms. The first kappa shape index (κ1) is 31.9. The van der Waals surface area contributed by atoms with Gasteiger partial charge in [0.05, 0.1) is 37.3 Å². The number of methoxy groups -OCH3 is 2. The normalized spacial score (nSPS) is 18.8. The van der Waals surface area contributed by atoms with Crippen LogP contribution in [0.3, 0.4) is 0 Å². The molecule has 45 heavy (non-hydrogen) atoms. The molecule has 0 spiro atoms. The summed E-state index contributed by atoms with van der Waals surface area (Å²) in [6, 6.07) is 15.5. The van der Waals surface area contributed by atoms with Crippen LogP contribution in [0, 0.1) is 17.0 Å². The molecule has 1 fully saturated rings. The number of piperidine rings is 1. The van der Waals surface area contributed by atoms with E-state index in [0.29, 0.717) is 53.2 Å². The number of nitrogens with zero attached hydrogens (tertiary/aromatic N) is 2. The van der Waals surface area contributed by atoms with Gasteiger partial charge in [0.2, 0.25) is 12.4 Å². The Hall–Kier alpha value is -4.51. The molecule has 0 saturated carbocycles. The molecule has 0 radical (unpaired) electrons. The molecule has 1 aromatic heterocycles. The Morgan fingerprint density at radius 1 is 1.09 bits per heavy atom. The number of hydrogen-bond acceptors (Lipinski definition) is 7. The highest BCUT2D eigenvalue weighted by Gasteiger charge is 2.32. The van der Waals surface area contributed by atoms with Gasteiger partial charge in [-0.05, 0) is 66.3 Å². The first-order valence-electron chi connectivity index (χ1n) is 14.9. The van der Waals surface area contributed by atoms with Gasteiger partial charge in [-0.2, -0.15) is 0 Å². The number of aromatic amines is 1. The molecule has 6 rings (SSSR count). The van der Waals surface area contributed by atoms with Crippen LogP contribution in [0.15, 0.2) is 59.4 Å². The van der Waals surface area contributed by atoms with Crippen LogP contribution in [-0.4, -0.2) is 54.8 Å². The van der Waals surface area contributed by atoms with Crippen LogP contribution in [0.1, 0.15) is 49.0 Å². The van der Waals surface area contributed by atoms with Crippen LogP contribution in [0.5, 0.6) is 11.5 Å². The summed E-state index contributed by atoms with van der Waals surface area (Å²) in [6.45, 7) is 4.08. The van der Waals surface area contributed by atoms with Crippen LogP contribution in [0.2, 0.25) is 0 Å². The highest BCUT2D eigenvalue weighted by atomic mass is 19.1. The molecule has 1 amide bonds. The highest BCUT2D eigenvalue weighted by molar-refractivity contribution is 5.82. The SMILES string of the molecule is COc1cc2nc(N3CCC(C)(Cc4ccccc4)CC3)[nH]c(=O)c2cc1OC.O=CNC1CCc2c(F)cc(F)cc2C1O. The van der Waals surface area contributed by atoms with Gasteiger partial charge >= 0.3 is 0 Å². The largest absolute Gasteiger partial charge is 0.493 e. The number of aliphatic hydroxyl groups is 1. The molecule has 1 aliphatic heterocycles. The van der Waals surface area contributed by atoms with Crippen molar-refractivity contribution in [2.45, 2.75) is 51.2 Å². The summed E-state index contributed by atoms with van der Waals surface area (Å²) in [4.78, 5) is 32.8. The molecule has 2 aliphatic rings. The van der Waals surface area contributed by atoms with E-state index in [2.05, 4.69) is 52.5 Å². The van der Waals surface area contributed by atoms with Crippen molar-refractivity contribution in [1.82, 2.24) is 15.3 Å². The number of aromatic nitrogens is 2. The molecule has 4 aromatic rings. The zero-order valence-corrected chi connectivity index (χ0v) is 25.6. The van der Waals surface area contributed by atoms with E-state index in [-0.39, 0.29) is 16.5 Å². The van der Waals surface area contributed by atoms with Gasteiger partial charge in [0.15, 0.2) is 11.5 Å². The number of nitrogens with one attached hydrogen (secondary N) is 2. The van der Waals surface area contributed by atoms with Gasteiger partial charge < -0.3 is 24.8 Å². The standard InChI is InChI=1S/C23H27N3O3.C11H11F2NO2/c1-23(15-16-7-5-4-6-8-16)9-11-26(12-10-23)22-24-18-14-20(29-3)19(28-2)13-17(18)21(27)25-22;12-6-3-8-7(9(13)4-6)1-2-10(11(8)16)14-5-15/h4-8,13-14H,9-12,15H2,1-3H3,(H,24,25,27);3-5,10-11,16H,1-2H2,(H,14,15). The molecule has 9 nitrogen and oxygen atoms in total. The summed E-state index contributed by atoms with van der Waals surface area (Å²) in [6.07, 6.45) is 3.42.